The molecule has 53 heavy (non-hydrogen) atoms. The molecule has 5 aliphatic rings. The summed E-state index contributed by atoms with van der Waals surface area (Å²) in [6.07, 6.45) is 15.1. The zero-order chi connectivity index (χ0) is 38.0. The summed E-state index contributed by atoms with van der Waals surface area (Å²) in [4.78, 5) is 12.7. The minimum atomic E-state index is -0.933. The Morgan fingerprint density at radius 1 is 0.887 bits per heavy atom. The third-order valence-corrected chi connectivity index (χ3v) is 13.0. The van der Waals surface area contributed by atoms with Gasteiger partial charge < -0.3 is 33.9 Å². The summed E-state index contributed by atoms with van der Waals surface area (Å²) >= 11 is 0. The number of allylic oxidation sites excluding steroid dienone is 7. The van der Waals surface area contributed by atoms with E-state index in [0.717, 1.165) is 56.1 Å². The molecule has 13 unspecified atom stereocenters. The zero-order valence-corrected chi connectivity index (χ0v) is 32.9. The van der Waals surface area contributed by atoms with Crippen LogP contribution in [-0.2, 0) is 23.7 Å². The standard InChI is InChI=1S/C45H64O8/c1-8-9-10-14-20-39-43(5,48)23-21-36-37(49-39)22-24-44(6)41(50-36)27-38-42(53-44)34(47)28-45(7)40(51-38)26-31(4)35(52-45)19-15-16-29(2)30(3)25-33(46)32-17-12-11-13-18-32/h8-13,16-18,25,31,34-42,47-48H,1,14-15,19-24,26-28H2,2-7H3/b10-9-,29-16+,30-25+. The molecule has 8 nitrogen and oxygen atoms in total. The van der Waals surface area contributed by atoms with E-state index in [1.165, 1.54) is 0 Å². The number of carbonyl (C=O) groups excluding carboxylic acids is 1. The molecule has 0 radical (unpaired) electrons. The van der Waals surface area contributed by atoms with Crippen LogP contribution < -0.4 is 0 Å². The van der Waals surface area contributed by atoms with Gasteiger partial charge in [0.15, 0.2) is 5.78 Å². The van der Waals surface area contributed by atoms with Gasteiger partial charge in [-0.3, -0.25) is 4.79 Å². The Labute approximate surface area is 317 Å². The first-order valence-electron chi connectivity index (χ1n) is 20.2. The summed E-state index contributed by atoms with van der Waals surface area (Å²) in [7, 11) is 0. The smallest absolute Gasteiger partial charge is 0.186 e. The van der Waals surface area contributed by atoms with Crippen molar-refractivity contribution >= 4 is 5.78 Å². The highest BCUT2D eigenvalue weighted by Crippen LogP contribution is 2.49. The lowest BCUT2D eigenvalue weighted by atomic mass is 9.79. The van der Waals surface area contributed by atoms with Crippen LogP contribution in [-0.4, -0.2) is 87.7 Å². The predicted octanol–water partition coefficient (Wildman–Crippen LogP) is 8.16. The van der Waals surface area contributed by atoms with Crippen molar-refractivity contribution in [2.45, 2.75) is 184 Å². The number of benzene rings is 1. The van der Waals surface area contributed by atoms with Gasteiger partial charge in [-0.1, -0.05) is 73.7 Å². The van der Waals surface area contributed by atoms with Crippen LogP contribution in [0.25, 0.3) is 0 Å². The van der Waals surface area contributed by atoms with Gasteiger partial charge in [0.1, 0.15) is 6.10 Å². The van der Waals surface area contributed by atoms with Gasteiger partial charge in [0.25, 0.3) is 0 Å². The maximum atomic E-state index is 12.7. The van der Waals surface area contributed by atoms with Crippen molar-refractivity contribution in [2.24, 2.45) is 5.92 Å². The molecule has 0 spiro atoms. The van der Waals surface area contributed by atoms with Gasteiger partial charge in [0.2, 0.25) is 0 Å². The fourth-order valence-electron chi connectivity index (χ4n) is 9.39. The van der Waals surface area contributed by atoms with E-state index in [2.05, 4.69) is 46.4 Å². The fourth-order valence-corrected chi connectivity index (χ4v) is 9.39. The predicted molar refractivity (Wildman–Crippen MR) is 207 cm³/mol. The molecular weight excluding hydrogens is 668 g/mol. The summed E-state index contributed by atoms with van der Waals surface area (Å²) in [6, 6.07) is 9.36. The van der Waals surface area contributed by atoms with E-state index in [4.69, 9.17) is 23.7 Å². The van der Waals surface area contributed by atoms with Crippen molar-refractivity contribution in [1.82, 2.24) is 0 Å². The van der Waals surface area contributed by atoms with Crippen LogP contribution in [0.2, 0.25) is 0 Å². The van der Waals surface area contributed by atoms with Crippen molar-refractivity contribution in [3.05, 3.63) is 84.0 Å². The van der Waals surface area contributed by atoms with Gasteiger partial charge in [0.05, 0.1) is 65.6 Å². The lowest BCUT2D eigenvalue weighted by Gasteiger charge is -2.49. The number of hydrogen-bond donors (Lipinski definition) is 2. The SMILES string of the molecule is C=C/C=C\CCC1OC2CCC3(C)OC4C(O)CC5(C)OC(CC/C=C(C)/C(C)=C/C(=O)c6ccccc6)C(C)CC5OC4CC3OC2CCC1(C)O. The first kappa shape index (κ1) is 40.2. The van der Waals surface area contributed by atoms with Crippen LogP contribution in [0.4, 0.5) is 0 Å². The van der Waals surface area contributed by atoms with Gasteiger partial charge in [-0.2, -0.15) is 0 Å². The maximum Gasteiger partial charge on any atom is 0.186 e. The second-order valence-electron chi connectivity index (χ2n) is 17.3. The summed E-state index contributed by atoms with van der Waals surface area (Å²) < 4.78 is 34.4. The molecule has 0 bridgehead atoms. The Morgan fingerprint density at radius 2 is 1.58 bits per heavy atom. The number of fused-ring (bicyclic) bond motifs is 4. The van der Waals surface area contributed by atoms with E-state index in [0.29, 0.717) is 31.2 Å². The van der Waals surface area contributed by atoms with Crippen LogP contribution in [0.1, 0.15) is 123 Å². The number of carbonyl (C=O) groups is 1. The Balaban J connectivity index is 1.09. The zero-order valence-electron chi connectivity index (χ0n) is 32.9. The lowest BCUT2D eigenvalue weighted by Crippen LogP contribution is -2.59. The van der Waals surface area contributed by atoms with Crippen LogP contribution in [0.15, 0.2) is 78.4 Å². The molecule has 5 saturated heterocycles. The maximum absolute atomic E-state index is 12.7. The molecule has 0 aliphatic carbocycles. The highest BCUT2D eigenvalue weighted by atomic mass is 16.6. The van der Waals surface area contributed by atoms with Gasteiger partial charge in [-0.25, -0.2) is 0 Å². The van der Waals surface area contributed by atoms with E-state index in [1.54, 1.807) is 12.2 Å². The van der Waals surface area contributed by atoms with E-state index in [9.17, 15) is 15.0 Å². The summed E-state index contributed by atoms with van der Waals surface area (Å²) in [5.41, 5.74) is 0.563. The first-order valence-corrected chi connectivity index (χ1v) is 20.2. The molecule has 13 atom stereocenters. The Kier molecular flexibility index (Phi) is 12.7. The molecule has 5 aliphatic heterocycles. The number of ether oxygens (including phenoxy) is 5. The van der Waals surface area contributed by atoms with Crippen LogP contribution in [0.3, 0.4) is 0 Å². The van der Waals surface area contributed by atoms with Crippen molar-refractivity contribution in [3.63, 3.8) is 0 Å². The van der Waals surface area contributed by atoms with Crippen molar-refractivity contribution in [1.29, 1.82) is 0 Å². The molecule has 8 heteroatoms. The molecule has 5 fully saturated rings. The van der Waals surface area contributed by atoms with E-state index in [-0.39, 0.29) is 54.4 Å². The molecular formula is C45H64O8. The molecule has 292 valence electrons. The molecule has 2 N–H and O–H groups in total. The second-order valence-corrected chi connectivity index (χ2v) is 17.3. The fraction of sp³-hybridized carbons (Fsp3) is 0.667. The highest BCUT2D eigenvalue weighted by molar-refractivity contribution is 6.05. The van der Waals surface area contributed by atoms with Crippen molar-refractivity contribution in [3.8, 4) is 0 Å². The Morgan fingerprint density at radius 3 is 2.34 bits per heavy atom. The third-order valence-electron chi connectivity index (χ3n) is 13.0. The first-order chi connectivity index (χ1) is 25.2. The number of aliphatic hydroxyl groups excluding tert-OH is 1. The molecule has 0 saturated carbocycles. The number of hydrogen-bond acceptors (Lipinski definition) is 8. The minimum absolute atomic E-state index is 0.0139. The summed E-state index contributed by atoms with van der Waals surface area (Å²) in [6.45, 7) is 16.1. The molecule has 5 heterocycles. The summed E-state index contributed by atoms with van der Waals surface area (Å²) in [5.74, 6) is 0.285. The molecule has 0 amide bonds. The molecule has 6 rings (SSSR count). The lowest BCUT2D eigenvalue weighted by molar-refractivity contribution is -0.273. The molecule has 1 aromatic rings. The second kappa shape index (κ2) is 16.7. The highest BCUT2D eigenvalue weighted by Gasteiger charge is 2.58. The van der Waals surface area contributed by atoms with Crippen molar-refractivity contribution < 1.29 is 38.7 Å². The molecule has 1 aromatic carbocycles. The van der Waals surface area contributed by atoms with E-state index < -0.39 is 29.0 Å². The summed E-state index contributed by atoms with van der Waals surface area (Å²) in [5, 5.41) is 23.2. The minimum Gasteiger partial charge on any atom is -0.390 e. The quantitative estimate of drug-likeness (QED) is 0.141. The molecule has 0 aromatic heterocycles. The van der Waals surface area contributed by atoms with Crippen molar-refractivity contribution in [2.75, 3.05) is 0 Å². The van der Waals surface area contributed by atoms with Crippen LogP contribution in [0, 0.1) is 5.92 Å². The average molecular weight is 733 g/mol. The van der Waals surface area contributed by atoms with Crippen LogP contribution in [0.5, 0.6) is 0 Å². The van der Waals surface area contributed by atoms with Gasteiger partial charge in [-0.05, 0) is 110 Å². The largest absolute Gasteiger partial charge is 0.390 e. The van der Waals surface area contributed by atoms with Gasteiger partial charge >= 0.3 is 0 Å². The number of rotatable bonds is 10. The Bertz CT molecular complexity index is 1520. The normalized spacial score (nSPS) is 42.3. The number of ketones is 1. The van der Waals surface area contributed by atoms with E-state index >= 15 is 0 Å². The third kappa shape index (κ3) is 9.18. The average Bonchev–Trinajstić information content (AvgIpc) is 3.38. The van der Waals surface area contributed by atoms with Gasteiger partial charge in [0, 0.05) is 18.4 Å². The van der Waals surface area contributed by atoms with Gasteiger partial charge in [-0.15, -0.1) is 0 Å². The topological polar surface area (TPSA) is 104 Å². The number of aliphatic hydroxyl groups is 2. The Hall–Kier alpha value is -2.43. The van der Waals surface area contributed by atoms with Crippen LogP contribution >= 0.6 is 0 Å². The monoisotopic (exact) mass is 732 g/mol. The van der Waals surface area contributed by atoms with E-state index in [1.807, 2.05) is 50.3 Å².